The van der Waals surface area contributed by atoms with Gasteiger partial charge in [-0.3, -0.25) is 14.4 Å². The Bertz CT molecular complexity index is 354. The number of ketones is 1. The van der Waals surface area contributed by atoms with Crippen LogP contribution in [0.25, 0.3) is 0 Å². The Morgan fingerprint density at radius 2 is 1.89 bits per heavy atom. The number of rotatable bonds is 5. The fraction of sp³-hybridized carbons (Fsp3) is 0.769. The molecule has 3 nitrogen and oxygen atoms in total. The molecule has 1 rings (SSSR count). The molecule has 0 aromatic rings. The maximum Gasteiger partial charge on any atom is 0.225 e. The van der Waals surface area contributed by atoms with Gasteiger partial charge in [-0.15, -0.1) is 0 Å². The average Bonchev–Trinajstić information content (AvgIpc) is 2.28. The topological polar surface area (TPSA) is 51.2 Å². The van der Waals surface area contributed by atoms with E-state index < -0.39 is 16.4 Å². The van der Waals surface area contributed by atoms with Gasteiger partial charge in [0.1, 0.15) is 5.78 Å². The zero-order valence-electron chi connectivity index (χ0n) is 10.6. The molecule has 1 saturated carbocycles. The molecule has 1 aliphatic carbocycles. The van der Waals surface area contributed by atoms with E-state index in [2.05, 4.69) is 0 Å². The molecule has 0 aliphatic heterocycles. The van der Waals surface area contributed by atoms with Crippen molar-refractivity contribution in [3.8, 4) is 0 Å². The van der Waals surface area contributed by atoms with Gasteiger partial charge in [0.25, 0.3) is 0 Å². The van der Waals surface area contributed by atoms with E-state index in [0.717, 1.165) is 6.42 Å². The zero-order chi connectivity index (χ0) is 13.9. The van der Waals surface area contributed by atoms with Crippen LogP contribution in [0.4, 0.5) is 0 Å². The molecule has 4 atom stereocenters. The van der Waals surface area contributed by atoms with Crippen LogP contribution in [0.15, 0.2) is 0 Å². The monoisotopic (exact) mass is 292 g/mol. The number of halogens is 2. The van der Waals surface area contributed by atoms with Gasteiger partial charge >= 0.3 is 0 Å². The fourth-order valence-electron chi connectivity index (χ4n) is 2.59. The van der Waals surface area contributed by atoms with Crippen LogP contribution in [0.3, 0.4) is 0 Å². The minimum absolute atomic E-state index is 0.0473. The molecule has 0 N–H and O–H groups in total. The Morgan fingerprint density at radius 3 is 2.39 bits per heavy atom. The van der Waals surface area contributed by atoms with Crippen LogP contribution in [0, 0.1) is 23.7 Å². The third kappa shape index (κ3) is 3.79. The Morgan fingerprint density at radius 1 is 1.28 bits per heavy atom. The van der Waals surface area contributed by atoms with Crippen molar-refractivity contribution < 1.29 is 14.4 Å². The molecule has 0 aromatic carbocycles. The van der Waals surface area contributed by atoms with Crippen LogP contribution in [0.5, 0.6) is 0 Å². The first kappa shape index (κ1) is 15.6. The van der Waals surface area contributed by atoms with Crippen molar-refractivity contribution in [3.05, 3.63) is 0 Å². The van der Waals surface area contributed by atoms with Crippen molar-refractivity contribution in [1.29, 1.82) is 0 Å². The van der Waals surface area contributed by atoms with E-state index in [1.54, 1.807) is 0 Å². The highest BCUT2D eigenvalue weighted by Gasteiger charge is 2.39. The van der Waals surface area contributed by atoms with E-state index in [4.69, 9.17) is 23.2 Å². The van der Waals surface area contributed by atoms with Crippen LogP contribution in [0.1, 0.15) is 39.5 Å². The number of hydrogen-bond acceptors (Lipinski definition) is 3. The summed E-state index contributed by atoms with van der Waals surface area (Å²) in [5.74, 6) is -0.535. The molecule has 0 amide bonds. The highest BCUT2D eigenvalue weighted by atomic mass is 35.5. The second-order valence-electron chi connectivity index (χ2n) is 5.16. The summed E-state index contributed by atoms with van der Waals surface area (Å²) in [5, 5.41) is -1.03. The van der Waals surface area contributed by atoms with Crippen LogP contribution >= 0.6 is 23.2 Å². The second-order valence-corrected chi connectivity index (χ2v) is 5.95. The minimum Gasteiger partial charge on any atom is -0.299 e. The number of carbonyl (C=O) groups excluding carboxylic acids is 3. The molecule has 0 saturated heterocycles. The lowest BCUT2D eigenvalue weighted by atomic mass is 9.69. The zero-order valence-corrected chi connectivity index (χ0v) is 12.1. The fourth-order valence-corrected chi connectivity index (χ4v) is 2.96. The van der Waals surface area contributed by atoms with Gasteiger partial charge in [0, 0.05) is 24.2 Å². The van der Waals surface area contributed by atoms with Crippen LogP contribution in [-0.2, 0) is 14.4 Å². The third-order valence-electron chi connectivity index (χ3n) is 4.03. The first-order valence-electron chi connectivity index (χ1n) is 6.26. The molecule has 0 aromatic heterocycles. The van der Waals surface area contributed by atoms with Crippen molar-refractivity contribution in [2.24, 2.45) is 23.7 Å². The molecular formula is C13H18Cl2O3. The van der Waals surface area contributed by atoms with E-state index in [9.17, 15) is 14.4 Å². The van der Waals surface area contributed by atoms with Crippen LogP contribution < -0.4 is 0 Å². The first-order chi connectivity index (χ1) is 8.34. The van der Waals surface area contributed by atoms with Crippen LogP contribution in [0.2, 0.25) is 0 Å². The van der Waals surface area contributed by atoms with E-state index in [1.165, 1.54) is 0 Å². The van der Waals surface area contributed by atoms with E-state index in [-0.39, 0.29) is 30.5 Å². The highest BCUT2D eigenvalue weighted by Crippen LogP contribution is 2.37. The predicted octanol–water partition coefficient (Wildman–Crippen LogP) is 3.16. The van der Waals surface area contributed by atoms with Crippen LogP contribution in [-0.4, -0.2) is 16.3 Å². The maximum absolute atomic E-state index is 12.2. The number of carbonyl (C=O) groups is 3. The average molecular weight is 293 g/mol. The van der Waals surface area contributed by atoms with Crippen molar-refractivity contribution in [2.75, 3.05) is 0 Å². The molecule has 0 heterocycles. The number of Topliss-reactive ketones (excluding diaryl/α,β-unsaturated/α-hetero) is 1. The summed E-state index contributed by atoms with van der Waals surface area (Å²) in [6.45, 7) is 3.93. The van der Waals surface area contributed by atoms with Gasteiger partial charge in [-0.2, -0.15) is 0 Å². The van der Waals surface area contributed by atoms with Gasteiger partial charge in [-0.25, -0.2) is 0 Å². The van der Waals surface area contributed by atoms with Gasteiger partial charge in [-0.1, -0.05) is 13.8 Å². The lowest BCUT2D eigenvalue weighted by Crippen LogP contribution is -2.38. The minimum atomic E-state index is -0.572. The molecule has 0 bridgehead atoms. The van der Waals surface area contributed by atoms with Crippen molar-refractivity contribution >= 4 is 39.5 Å². The normalized spacial score (nSPS) is 30.0. The molecule has 1 fully saturated rings. The Balaban J connectivity index is 2.76. The van der Waals surface area contributed by atoms with Gasteiger partial charge in [-0.05, 0) is 48.4 Å². The second kappa shape index (κ2) is 6.67. The van der Waals surface area contributed by atoms with Crippen molar-refractivity contribution in [1.82, 2.24) is 0 Å². The van der Waals surface area contributed by atoms with Gasteiger partial charge in [0.05, 0.1) is 0 Å². The van der Waals surface area contributed by atoms with Gasteiger partial charge in [0.15, 0.2) is 0 Å². The molecule has 1 aliphatic rings. The summed E-state index contributed by atoms with van der Waals surface area (Å²) in [6, 6.07) is 0. The summed E-state index contributed by atoms with van der Waals surface area (Å²) >= 11 is 10.8. The summed E-state index contributed by atoms with van der Waals surface area (Å²) in [4.78, 5) is 34.4. The predicted molar refractivity (Wildman–Crippen MR) is 70.5 cm³/mol. The SMILES string of the molecule is CC1CCC(C(CCC(=O)Cl)C(=O)Cl)C(=O)C1C. The Hall–Kier alpha value is -0.410. The van der Waals surface area contributed by atoms with E-state index in [1.807, 2.05) is 13.8 Å². The molecule has 0 radical (unpaired) electrons. The highest BCUT2D eigenvalue weighted by molar-refractivity contribution is 6.64. The summed E-state index contributed by atoms with van der Waals surface area (Å²) in [7, 11) is 0. The quantitative estimate of drug-likeness (QED) is 0.732. The number of hydrogen-bond donors (Lipinski definition) is 0. The molecule has 18 heavy (non-hydrogen) atoms. The molecule has 5 heteroatoms. The first-order valence-corrected chi connectivity index (χ1v) is 7.01. The molecule has 4 unspecified atom stereocenters. The summed E-state index contributed by atoms with van der Waals surface area (Å²) in [5.41, 5.74) is 0. The Kier molecular flexibility index (Phi) is 5.80. The third-order valence-corrected chi connectivity index (χ3v) is 4.50. The molecule has 102 valence electrons. The largest absolute Gasteiger partial charge is 0.299 e. The smallest absolute Gasteiger partial charge is 0.225 e. The Labute approximate surface area is 117 Å². The van der Waals surface area contributed by atoms with Crippen molar-refractivity contribution in [3.63, 3.8) is 0 Å². The lowest BCUT2D eigenvalue weighted by molar-refractivity contribution is -0.136. The summed E-state index contributed by atoms with van der Waals surface area (Å²) in [6.07, 6.45) is 1.93. The standard InChI is InChI=1S/C13H18Cl2O3/c1-7-3-4-9(12(17)8(7)2)10(13(15)18)5-6-11(14)16/h7-10H,3-6H2,1-2H3. The maximum atomic E-state index is 12.2. The van der Waals surface area contributed by atoms with E-state index >= 15 is 0 Å². The molecular weight excluding hydrogens is 275 g/mol. The summed E-state index contributed by atoms with van der Waals surface area (Å²) < 4.78 is 0. The van der Waals surface area contributed by atoms with E-state index in [0.29, 0.717) is 12.3 Å². The van der Waals surface area contributed by atoms with Gasteiger partial charge < -0.3 is 0 Å². The van der Waals surface area contributed by atoms with Gasteiger partial charge in [0.2, 0.25) is 10.5 Å². The lowest BCUT2D eigenvalue weighted by Gasteiger charge is -2.33. The van der Waals surface area contributed by atoms with Crippen molar-refractivity contribution in [2.45, 2.75) is 39.5 Å². The molecule has 0 spiro atoms.